The summed E-state index contributed by atoms with van der Waals surface area (Å²) >= 11 is 0. The summed E-state index contributed by atoms with van der Waals surface area (Å²) in [5.74, 6) is -3.65. The van der Waals surface area contributed by atoms with Crippen molar-refractivity contribution in [3.05, 3.63) is 35.1 Å². The van der Waals surface area contributed by atoms with E-state index in [0.717, 1.165) is 25.0 Å². The normalized spacial score (nSPS) is 22.5. The van der Waals surface area contributed by atoms with Crippen LogP contribution >= 0.6 is 0 Å². The Hall–Kier alpha value is -1.03. The minimum absolute atomic E-state index is 0.190. The Bertz CT molecular complexity index is 434. The molecule has 1 saturated carbocycles. The third kappa shape index (κ3) is 3.30. The van der Waals surface area contributed by atoms with Gasteiger partial charge in [0, 0.05) is 12.6 Å². The quantitative estimate of drug-likeness (QED) is 0.814. The van der Waals surface area contributed by atoms with Gasteiger partial charge >= 0.3 is 0 Å². The Kier molecular flexibility index (Phi) is 4.19. The summed E-state index contributed by atoms with van der Waals surface area (Å²) in [5, 5.41) is 3.35. The fourth-order valence-electron chi connectivity index (χ4n) is 2.82. The molecule has 0 saturated heterocycles. The number of hydrogen-bond donors (Lipinski definition) is 1. The van der Waals surface area contributed by atoms with E-state index in [1.807, 2.05) is 0 Å². The highest BCUT2D eigenvalue weighted by atomic mass is 19.2. The molecule has 0 spiro atoms. The molecular weight excluding hydrogens is 251 g/mol. The van der Waals surface area contributed by atoms with E-state index in [1.165, 1.54) is 12.8 Å². The standard InChI is InChI=1S/C15H20F3N/c1-15(2)6-4-3-5-13(15)19-9-10-7-11(16)14(18)12(17)8-10/h7-8,13,19H,3-6,9H2,1-2H3. The SMILES string of the molecule is CC1(C)CCCCC1NCc1cc(F)c(F)c(F)c1. The molecule has 1 N–H and O–H groups in total. The van der Waals surface area contributed by atoms with Crippen molar-refractivity contribution in [3.8, 4) is 0 Å². The van der Waals surface area contributed by atoms with E-state index in [0.29, 0.717) is 18.2 Å². The van der Waals surface area contributed by atoms with Gasteiger partial charge in [-0.1, -0.05) is 26.7 Å². The maximum Gasteiger partial charge on any atom is 0.194 e. The monoisotopic (exact) mass is 271 g/mol. The summed E-state index contributed by atoms with van der Waals surface area (Å²) in [6.07, 6.45) is 4.62. The second kappa shape index (κ2) is 5.53. The van der Waals surface area contributed by atoms with Crippen molar-refractivity contribution in [3.63, 3.8) is 0 Å². The van der Waals surface area contributed by atoms with Gasteiger partial charge in [-0.2, -0.15) is 0 Å². The predicted molar refractivity (Wildman–Crippen MR) is 69.2 cm³/mol. The van der Waals surface area contributed by atoms with E-state index in [-0.39, 0.29) is 5.41 Å². The van der Waals surface area contributed by atoms with Crippen LogP contribution in [-0.4, -0.2) is 6.04 Å². The molecule has 1 unspecified atom stereocenters. The Morgan fingerprint density at radius 1 is 1.16 bits per heavy atom. The van der Waals surface area contributed by atoms with E-state index in [4.69, 9.17) is 0 Å². The molecule has 106 valence electrons. The summed E-state index contributed by atoms with van der Waals surface area (Å²) in [6, 6.07) is 2.44. The zero-order chi connectivity index (χ0) is 14.0. The smallest absolute Gasteiger partial charge is 0.194 e. The Labute approximate surface area is 112 Å². The molecule has 0 bridgehead atoms. The largest absolute Gasteiger partial charge is 0.309 e. The number of halogens is 3. The molecular formula is C15H20F3N. The Balaban J connectivity index is 2.02. The lowest BCUT2D eigenvalue weighted by Crippen LogP contribution is -2.43. The van der Waals surface area contributed by atoms with E-state index >= 15 is 0 Å². The van der Waals surface area contributed by atoms with Crippen LogP contribution in [0.2, 0.25) is 0 Å². The molecule has 19 heavy (non-hydrogen) atoms. The van der Waals surface area contributed by atoms with Gasteiger partial charge in [-0.15, -0.1) is 0 Å². The van der Waals surface area contributed by atoms with Gasteiger partial charge in [0.1, 0.15) is 0 Å². The molecule has 0 amide bonds. The highest BCUT2D eigenvalue weighted by molar-refractivity contribution is 5.19. The molecule has 1 nitrogen and oxygen atoms in total. The van der Waals surface area contributed by atoms with Crippen LogP contribution in [0.5, 0.6) is 0 Å². The van der Waals surface area contributed by atoms with E-state index in [1.54, 1.807) is 0 Å². The topological polar surface area (TPSA) is 12.0 Å². The van der Waals surface area contributed by atoms with Gasteiger partial charge < -0.3 is 5.32 Å². The lowest BCUT2D eigenvalue weighted by atomic mass is 9.73. The van der Waals surface area contributed by atoms with Gasteiger partial charge in [-0.3, -0.25) is 0 Å². The number of rotatable bonds is 3. The highest BCUT2D eigenvalue weighted by Crippen LogP contribution is 2.35. The molecule has 0 heterocycles. The molecule has 1 aliphatic rings. The van der Waals surface area contributed by atoms with Crippen molar-refractivity contribution in [2.45, 2.75) is 52.1 Å². The first-order chi connectivity index (χ1) is 8.90. The molecule has 1 aromatic carbocycles. The second-order valence-corrected chi connectivity index (χ2v) is 6.04. The van der Waals surface area contributed by atoms with Crippen LogP contribution in [0.3, 0.4) is 0 Å². The molecule has 0 radical (unpaired) electrons. The third-order valence-electron chi connectivity index (χ3n) is 4.10. The molecule has 4 heteroatoms. The Morgan fingerprint density at radius 3 is 2.37 bits per heavy atom. The predicted octanol–water partition coefficient (Wildman–Crippen LogP) is 4.16. The zero-order valence-corrected chi connectivity index (χ0v) is 11.4. The summed E-state index contributed by atoms with van der Waals surface area (Å²) in [6.45, 7) is 4.77. The number of nitrogens with one attached hydrogen (secondary N) is 1. The van der Waals surface area contributed by atoms with Crippen molar-refractivity contribution in [1.82, 2.24) is 5.32 Å². The molecule has 1 atom stereocenters. The highest BCUT2D eigenvalue weighted by Gasteiger charge is 2.31. The van der Waals surface area contributed by atoms with Crippen molar-refractivity contribution >= 4 is 0 Å². The lowest BCUT2D eigenvalue weighted by molar-refractivity contribution is 0.166. The molecule has 1 fully saturated rings. The van der Waals surface area contributed by atoms with Crippen LogP contribution in [-0.2, 0) is 6.54 Å². The fourth-order valence-corrected chi connectivity index (χ4v) is 2.82. The fraction of sp³-hybridized carbons (Fsp3) is 0.600. The summed E-state index contributed by atoms with van der Waals surface area (Å²) in [5.41, 5.74) is 0.632. The molecule has 1 aromatic rings. The van der Waals surface area contributed by atoms with Crippen LogP contribution in [0.25, 0.3) is 0 Å². The van der Waals surface area contributed by atoms with E-state index in [2.05, 4.69) is 19.2 Å². The van der Waals surface area contributed by atoms with Crippen molar-refractivity contribution < 1.29 is 13.2 Å². The summed E-state index contributed by atoms with van der Waals surface area (Å²) in [7, 11) is 0. The first-order valence-electron chi connectivity index (χ1n) is 6.77. The van der Waals surface area contributed by atoms with Gasteiger partial charge in [0.15, 0.2) is 17.5 Å². The van der Waals surface area contributed by atoms with E-state index < -0.39 is 17.5 Å². The molecule has 2 rings (SSSR count). The van der Waals surface area contributed by atoms with Gasteiger partial charge in [0.2, 0.25) is 0 Å². The van der Waals surface area contributed by atoms with Crippen molar-refractivity contribution in [2.75, 3.05) is 0 Å². The number of benzene rings is 1. The molecule has 0 aliphatic heterocycles. The van der Waals surface area contributed by atoms with Crippen LogP contribution in [0.1, 0.15) is 45.1 Å². The van der Waals surface area contributed by atoms with Crippen LogP contribution in [0, 0.1) is 22.9 Å². The van der Waals surface area contributed by atoms with Crippen molar-refractivity contribution in [1.29, 1.82) is 0 Å². The van der Waals surface area contributed by atoms with Gasteiger partial charge in [0.05, 0.1) is 0 Å². The number of hydrogen-bond acceptors (Lipinski definition) is 1. The Morgan fingerprint density at radius 2 is 1.79 bits per heavy atom. The van der Waals surface area contributed by atoms with Gasteiger partial charge in [0.25, 0.3) is 0 Å². The third-order valence-corrected chi connectivity index (χ3v) is 4.10. The molecule has 1 aliphatic carbocycles. The first-order valence-corrected chi connectivity index (χ1v) is 6.77. The van der Waals surface area contributed by atoms with Crippen LogP contribution in [0.4, 0.5) is 13.2 Å². The minimum Gasteiger partial charge on any atom is -0.309 e. The van der Waals surface area contributed by atoms with Gasteiger partial charge in [-0.25, -0.2) is 13.2 Å². The zero-order valence-electron chi connectivity index (χ0n) is 11.4. The maximum atomic E-state index is 13.1. The molecule has 0 aromatic heterocycles. The van der Waals surface area contributed by atoms with Gasteiger partial charge in [-0.05, 0) is 36.0 Å². The summed E-state index contributed by atoms with van der Waals surface area (Å²) < 4.78 is 39.1. The summed E-state index contributed by atoms with van der Waals surface area (Å²) in [4.78, 5) is 0. The van der Waals surface area contributed by atoms with Crippen LogP contribution < -0.4 is 5.32 Å². The average molecular weight is 271 g/mol. The first kappa shape index (κ1) is 14.4. The van der Waals surface area contributed by atoms with Crippen LogP contribution in [0.15, 0.2) is 12.1 Å². The maximum absolute atomic E-state index is 13.1. The average Bonchev–Trinajstić information content (AvgIpc) is 2.34. The van der Waals surface area contributed by atoms with Crippen molar-refractivity contribution in [2.24, 2.45) is 5.41 Å². The van der Waals surface area contributed by atoms with E-state index in [9.17, 15) is 13.2 Å². The lowest BCUT2D eigenvalue weighted by Gasteiger charge is -2.39. The second-order valence-electron chi connectivity index (χ2n) is 6.04. The minimum atomic E-state index is -1.40.